The molecular weight excluding hydrogens is 989 g/mol. The molecule has 0 N–H and O–H groups in total. The van der Waals surface area contributed by atoms with Crippen LogP contribution in [0, 0.1) is 0 Å². The molecule has 0 fully saturated rings. The standard InChI is InChI=1S/C72H118N2O6/c1-7-13-19-25-31-37-51-75-67-57-63(58-68(76-52-38-32-26-20-14-8-2)71(67)79-55-41-35-29-23-17-11-5)61-73-47-43-65(44-48-73)66-45-49-74(50-46-66)62-64-59-69(77-53-39-33-27-21-15-9-3)72(80-56-42-36-30-24-18-12-6)70(60-64)78-54-40-34-28-22-16-10-4/h43-50,57-60H,7-42,51-56,61-62H2,1-6H3/q+2. The lowest BCUT2D eigenvalue weighted by Gasteiger charge is -2.18. The van der Waals surface area contributed by atoms with Gasteiger partial charge in [0.2, 0.25) is 11.5 Å². The predicted octanol–water partition coefficient (Wildman–Crippen LogP) is 20.5. The second kappa shape index (κ2) is 46.1. The van der Waals surface area contributed by atoms with E-state index >= 15 is 0 Å². The third kappa shape index (κ3) is 30.0. The summed E-state index contributed by atoms with van der Waals surface area (Å²) < 4.78 is 44.4. The second-order valence-electron chi connectivity index (χ2n) is 23.1. The maximum atomic E-state index is 6.65. The van der Waals surface area contributed by atoms with Gasteiger partial charge >= 0.3 is 0 Å². The van der Waals surface area contributed by atoms with E-state index in [4.69, 9.17) is 28.4 Å². The summed E-state index contributed by atoms with van der Waals surface area (Å²) in [5.41, 5.74) is 4.66. The molecule has 4 aromatic rings. The van der Waals surface area contributed by atoms with E-state index in [0.717, 1.165) is 84.1 Å². The summed E-state index contributed by atoms with van der Waals surface area (Å²) in [6.45, 7) is 19.1. The lowest BCUT2D eigenvalue weighted by Crippen LogP contribution is -2.33. The van der Waals surface area contributed by atoms with Crippen molar-refractivity contribution in [3.05, 3.63) is 84.4 Å². The van der Waals surface area contributed by atoms with Crippen molar-refractivity contribution in [3.63, 3.8) is 0 Å². The first-order chi connectivity index (χ1) is 39.5. The van der Waals surface area contributed by atoms with Gasteiger partial charge < -0.3 is 28.4 Å². The fourth-order valence-electron chi connectivity index (χ4n) is 10.5. The number of aromatic nitrogens is 2. The summed E-state index contributed by atoms with van der Waals surface area (Å²) in [4.78, 5) is 0. The average molecular weight is 1110 g/mol. The minimum Gasteiger partial charge on any atom is -0.490 e. The van der Waals surface area contributed by atoms with Crippen molar-refractivity contribution in [2.45, 2.75) is 286 Å². The lowest BCUT2D eigenvalue weighted by molar-refractivity contribution is -0.688. The van der Waals surface area contributed by atoms with E-state index in [1.807, 2.05) is 0 Å². The Hall–Kier alpha value is -4.46. The van der Waals surface area contributed by atoms with Crippen LogP contribution < -0.4 is 37.6 Å². The van der Waals surface area contributed by atoms with Gasteiger partial charge in [0.05, 0.1) is 39.6 Å². The maximum Gasteiger partial charge on any atom is 0.203 e. The quantitative estimate of drug-likeness (QED) is 0.0324. The molecule has 80 heavy (non-hydrogen) atoms. The Bertz CT molecular complexity index is 1860. The van der Waals surface area contributed by atoms with Gasteiger partial charge in [-0.15, -0.1) is 0 Å². The molecule has 0 atom stereocenters. The summed E-state index contributed by atoms with van der Waals surface area (Å²) in [6.07, 6.45) is 52.9. The van der Waals surface area contributed by atoms with Crippen molar-refractivity contribution in [2.24, 2.45) is 0 Å². The Morgan fingerprint density at radius 1 is 0.250 bits per heavy atom. The van der Waals surface area contributed by atoms with Crippen LogP contribution >= 0.6 is 0 Å². The predicted molar refractivity (Wildman–Crippen MR) is 337 cm³/mol. The zero-order chi connectivity index (χ0) is 56.8. The third-order valence-electron chi connectivity index (χ3n) is 15.5. The van der Waals surface area contributed by atoms with Gasteiger partial charge in [-0.3, -0.25) is 0 Å². The SMILES string of the molecule is CCCCCCCCOc1cc(C[n+]2ccc(-c3cc[n+](Cc4cc(OCCCCCCCC)c(OCCCCCCCC)c(OCCCCCCCC)c4)cc3)cc2)cc(OCCCCCCCC)c1OCCCCCCCC. The van der Waals surface area contributed by atoms with Gasteiger partial charge in [-0.2, -0.15) is 0 Å². The Labute approximate surface area is 490 Å². The minimum absolute atomic E-state index is 0.675. The molecule has 4 rings (SSSR count). The van der Waals surface area contributed by atoms with Crippen LogP contribution in [0.2, 0.25) is 0 Å². The molecule has 0 radical (unpaired) electrons. The number of nitrogens with zero attached hydrogens (tertiary/aromatic N) is 2. The fourth-order valence-corrected chi connectivity index (χ4v) is 10.5. The minimum atomic E-state index is 0.675. The lowest BCUT2D eigenvalue weighted by atomic mass is 10.1. The molecule has 450 valence electrons. The number of unbranched alkanes of at least 4 members (excludes halogenated alkanes) is 30. The average Bonchev–Trinajstić information content (AvgIpc) is 3.51. The molecule has 0 saturated heterocycles. The van der Waals surface area contributed by atoms with Crippen LogP contribution in [0.15, 0.2) is 73.3 Å². The Morgan fingerprint density at radius 3 is 0.675 bits per heavy atom. The summed E-state index contributed by atoms with van der Waals surface area (Å²) >= 11 is 0. The third-order valence-corrected chi connectivity index (χ3v) is 15.5. The smallest absolute Gasteiger partial charge is 0.203 e. The zero-order valence-electron chi connectivity index (χ0n) is 52.4. The van der Waals surface area contributed by atoms with Crippen molar-refractivity contribution in [3.8, 4) is 45.6 Å². The molecule has 8 heteroatoms. The molecule has 0 bridgehead atoms. The molecule has 2 heterocycles. The molecular formula is C72H118N2O6+2. The van der Waals surface area contributed by atoms with Gasteiger partial charge in [-0.1, -0.05) is 234 Å². The fraction of sp³-hybridized carbons (Fsp3) is 0.694. The molecule has 0 saturated carbocycles. The highest BCUT2D eigenvalue weighted by molar-refractivity contribution is 5.61. The molecule has 2 aromatic heterocycles. The van der Waals surface area contributed by atoms with E-state index in [9.17, 15) is 0 Å². The number of pyridine rings is 2. The highest BCUT2D eigenvalue weighted by Gasteiger charge is 2.21. The normalized spacial score (nSPS) is 11.3. The van der Waals surface area contributed by atoms with E-state index in [2.05, 4.69) is 124 Å². The Kier molecular flexibility index (Phi) is 39.2. The van der Waals surface area contributed by atoms with Crippen LogP contribution in [0.25, 0.3) is 11.1 Å². The van der Waals surface area contributed by atoms with Crippen LogP contribution in [-0.2, 0) is 13.1 Å². The first-order valence-electron chi connectivity index (χ1n) is 33.6. The van der Waals surface area contributed by atoms with Gasteiger partial charge in [-0.25, -0.2) is 9.13 Å². The van der Waals surface area contributed by atoms with Crippen molar-refractivity contribution in [1.29, 1.82) is 0 Å². The summed E-state index contributed by atoms with van der Waals surface area (Å²) in [7, 11) is 0. The van der Waals surface area contributed by atoms with Crippen molar-refractivity contribution in [2.75, 3.05) is 39.6 Å². The molecule has 0 spiro atoms. The van der Waals surface area contributed by atoms with Crippen LogP contribution in [0.4, 0.5) is 0 Å². The largest absolute Gasteiger partial charge is 0.490 e. The van der Waals surface area contributed by atoms with Crippen LogP contribution in [-0.4, -0.2) is 39.6 Å². The van der Waals surface area contributed by atoms with E-state index in [0.29, 0.717) is 52.7 Å². The molecule has 0 amide bonds. The van der Waals surface area contributed by atoms with Gasteiger partial charge in [0.15, 0.2) is 60.9 Å². The Balaban J connectivity index is 1.53. The highest BCUT2D eigenvalue weighted by Crippen LogP contribution is 2.41. The van der Waals surface area contributed by atoms with Crippen molar-refractivity contribution in [1.82, 2.24) is 0 Å². The number of rotatable bonds is 53. The van der Waals surface area contributed by atoms with Crippen LogP contribution in [0.3, 0.4) is 0 Å². The molecule has 2 aromatic carbocycles. The molecule has 0 unspecified atom stereocenters. The first-order valence-corrected chi connectivity index (χ1v) is 33.6. The number of hydrogen-bond donors (Lipinski definition) is 0. The molecule has 0 aliphatic carbocycles. The highest BCUT2D eigenvalue weighted by atomic mass is 16.5. The number of ether oxygens (including phenoxy) is 6. The number of benzene rings is 2. The summed E-state index contributed by atoms with van der Waals surface area (Å²) in [5, 5.41) is 0. The topological polar surface area (TPSA) is 63.1 Å². The molecule has 8 nitrogen and oxygen atoms in total. The van der Waals surface area contributed by atoms with Gasteiger partial charge in [0.1, 0.15) is 0 Å². The van der Waals surface area contributed by atoms with E-state index in [1.165, 1.54) is 204 Å². The summed E-state index contributed by atoms with van der Waals surface area (Å²) in [5.74, 6) is 4.82. The van der Waals surface area contributed by atoms with E-state index < -0.39 is 0 Å². The molecule has 0 aliphatic rings. The molecule has 0 aliphatic heterocycles. The second-order valence-corrected chi connectivity index (χ2v) is 23.1. The summed E-state index contributed by atoms with van der Waals surface area (Å²) in [6, 6.07) is 17.7. The van der Waals surface area contributed by atoms with Crippen molar-refractivity contribution < 1.29 is 37.6 Å². The first kappa shape index (κ1) is 68.0. The van der Waals surface area contributed by atoms with Crippen molar-refractivity contribution >= 4 is 0 Å². The van der Waals surface area contributed by atoms with Crippen LogP contribution in [0.5, 0.6) is 34.5 Å². The van der Waals surface area contributed by atoms with Gasteiger partial charge in [-0.05, 0) is 73.9 Å². The van der Waals surface area contributed by atoms with E-state index in [1.54, 1.807) is 0 Å². The number of hydrogen-bond acceptors (Lipinski definition) is 6. The zero-order valence-corrected chi connectivity index (χ0v) is 52.4. The van der Waals surface area contributed by atoms with Gasteiger partial charge in [0, 0.05) is 35.4 Å². The Morgan fingerprint density at radius 2 is 0.450 bits per heavy atom. The van der Waals surface area contributed by atoms with E-state index in [-0.39, 0.29) is 0 Å². The van der Waals surface area contributed by atoms with Crippen LogP contribution in [0.1, 0.15) is 284 Å². The maximum absolute atomic E-state index is 6.65. The van der Waals surface area contributed by atoms with Gasteiger partial charge in [0.25, 0.3) is 0 Å². The monoisotopic (exact) mass is 1110 g/mol.